The van der Waals surface area contributed by atoms with E-state index in [-0.39, 0.29) is 0 Å². The Bertz CT molecular complexity index is 254. The monoisotopic (exact) mass is 163 g/mol. The molecule has 64 valence electrons. The van der Waals surface area contributed by atoms with E-state index in [0.29, 0.717) is 5.54 Å². The Labute approximate surface area is 72.2 Å². The lowest BCUT2D eigenvalue weighted by Crippen LogP contribution is -2.20. The second-order valence-electron chi connectivity index (χ2n) is 3.35. The van der Waals surface area contributed by atoms with E-state index >= 15 is 0 Å². The molecule has 1 aromatic rings. The van der Waals surface area contributed by atoms with E-state index in [1.807, 2.05) is 0 Å². The number of hydrogen-bond donors (Lipinski definition) is 1. The summed E-state index contributed by atoms with van der Waals surface area (Å²) in [7, 11) is 0. The molecule has 1 aromatic heterocycles. The van der Waals surface area contributed by atoms with Crippen LogP contribution < -0.4 is 5.32 Å². The first kappa shape index (κ1) is 7.53. The summed E-state index contributed by atoms with van der Waals surface area (Å²) < 4.78 is 0. The predicted molar refractivity (Wildman–Crippen MR) is 47.9 cm³/mol. The van der Waals surface area contributed by atoms with E-state index in [9.17, 15) is 0 Å². The summed E-state index contributed by atoms with van der Waals surface area (Å²) in [6.45, 7) is 2.20. The Morgan fingerprint density at radius 2 is 2.33 bits per heavy atom. The third kappa shape index (κ3) is 1.40. The molecular weight excluding hydrogens is 150 g/mol. The number of nitrogens with zero attached hydrogens (tertiary/aromatic N) is 2. The number of rotatable bonds is 3. The van der Waals surface area contributed by atoms with Gasteiger partial charge in [0, 0.05) is 17.9 Å². The van der Waals surface area contributed by atoms with E-state index < -0.39 is 0 Å². The second-order valence-corrected chi connectivity index (χ2v) is 3.35. The van der Waals surface area contributed by atoms with Crippen molar-refractivity contribution in [3.05, 3.63) is 18.6 Å². The summed E-state index contributed by atoms with van der Waals surface area (Å²) in [5, 5.41) is 3.41. The van der Waals surface area contributed by atoms with E-state index in [0.717, 1.165) is 5.82 Å². The van der Waals surface area contributed by atoms with Crippen molar-refractivity contribution >= 4 is 5.82 Å². The molecule has 0 saturated heterocycles. The molecule has 0 aromatic carbocycles. The van der Waals surface area contributed by atoms with Crippen LogP contribution in [0.3, 0.4) is 0 Å². The van der Waals surface area contributed by atoms with Crippen molar-refractivity contribution in [1.29, 1.82) is 0 Å². The first-order valence-corrected chi connectivity index (χ1v) is 4.39. The van der Waals surface area contributed by atoms with Gasteiger partial charge in [0.05, 0.1) is 6.20 Å². The van der Waals surface area contributed by atoms with Crippen molar-refractivity contribution in [2.75, 3.05) is 5.32 Å². The van der Waals surface area contributed by atoms with Gasteiger partial charge in [-0.05, 0) is 19.3 Å². The number of hydrogen-bond acceptors (Lipinski definition) is 3. The fourth-order valence-corrected chi connectivity index (χ4v) is 1.35. The van der Waals surface area contributed by atoms with Gasteiger partial charge in [0.2, 0.25) is 0 Å². The lowest BCUT2D eigenvalue weighted by atomic mass is 10.2. The molecule has 1 aliphatic rings. The van der Waals surface area contributed by atoms with Crippen LogP contribution in [0.1, 0.15) is 26.2 Å². The van der Waals surface area contributed by atoms with E-state index in [4.69, 9.17) is 0 Å². The van der Waals surface area contributed by atoms with Gasteiger partial charge in [-0.15, -0.1) is 0 Å². The minimum Gasteiger partial charge on any atom is -0.363 e. The molecule has 0 aliphatic heterocycles. The second kappa shape index (κ2) is 2.73. The van der Waals surface area contributed by atoms with Crippen LogP contribution in [-0.2, 0) is 0 Å². The van der Waals surface area contributed by atoms with E-state index in [1.54, 1.807) is 18.6 Å². The summed E-state index contributed by atoms with van der Waals surface area (Å²) in [4.78, 5) is 8.18. The summed E-state index contributed by atoms with van der Waals surface area (Å²) in [5.74, 6) is 0.900. The zero-order chi connectivity index (χ0) is 8.44. The molecule has 1 saturated carbocycles. The minimum absolute atomic E-state index is 0.343. The topological polar surface area (TPSA) is 37.8 Å². The van der Waals surface area contributed by atoms with E-state index in [2.05, 4.69) is 22.2 Å². The Kier molecular flexibility index (Phi) is 1.71. The molecule has 1 fully saturated rings. The lowest BCUT2D eigenvalue weighted by molar-refractivity contribution is 0.697. The average Bonchev–Trinajstić information content (AvgIpc) is 2.88. The summed E-state index contributed by atoms with van der Waals surface area (Å²) in [6.07, 6.45) is 8.88. The normalized spacial score (nSPS) is 18.8. The maximum atomic E-state index is 4.18. The van der Waals surface area contributed by atoms with Crippen LogP contribution in [-0.4, -0.2) is 15.5 Å². The molecule has 0 spiro atoms. The highest BCUT2D eigenvalue weighted by molar-refractivity contribution is 5.37. The molecule has 1 N–H and O–H groups in total. The SMILES string of the molecule is CCC1(Nc2cnccn2)CC1. The van der Waals surface area contributed by atoms with Crippen molar-refractivity contribution < 1.29 is 0 Å². The first-order chi connectivity index (χ1) is 5.85. The quantitative estimate of drug-likeness (QED) is 0.738. The van der Waals surface area contributed by atoms with Crippen LogP contribution in [0.5, 0.6) is 0 Å². The highest BCUT2D eigenvalue weighted by atomic mass is 15.1. The van der Waals surface area contributed by atoms with Gasteiger partial charge in [-0.1, -0.05) is 6.92 Å². The summed E-state index contributed by atoms with van der Waals surface area (Å²) >= 11 is 0. The first-order valence-electron chi connectivity index (χ1n) is 4.39. The molecular formula is C9H13N3. The fourth-order valence-electron chi connectivity index (χ4n) is 1.35. The molecule has 2 rings (SSSR count). The van der Waals surface area contributed by atoms with Crippen molar-refractivity contribution in [3.63, 3.8) is 0 Å². The average molecular weight is 163 g/mol. The molecule has 3 heteroatoms. The number of anilines is 1. The van der Waals surface area contributed by atoms with Crippen LogP contribution in [0.15, 0.2) is 18.6 Å². The largest absolute Gasteiger partial charge is 0.363 e. The highest BCUT2D eigenvalue weighted by Crippen LogP contribution is 2.40. The lowest BCUT2D eigenvalue weighted by Gasteiger charge is -2.14. The minimum atomic E-state index is 0.343. The van der Waals surface area contributed by atoms with Crippen molar-refractivity contribution in [1.82, 2.24) is 9.97 Å². The maximum Gasteiger partial charge on any atom is 0.144 e. The van der Waals surface area contributed by atoms with Crippen LogP contribution in [0.25, 0.3) is 0 Å². The van der Waals surface area contributed by atoms with Gasteiger partial charge in [-0.25, -0.2) is 4.98 Å². The zero-order valence-corrected chi connectivity index (χ0v) is 7.25. The summed E-state index contributed by atoms with van der Waals surface area (Å²) in [6, 6.07) is 0. The fraction of sp³-hybridized carbons (Fsp3) is 0.556. The third-order valence-corrected chi connectivity index (χ3v) is 2.49. The van der Waals surface area contributed by atoms with Gasteiger partial charge in [0.1, 0.15) is 5.82 Å². The molecule has 0 bridgehead atoms. The van der Waals surface area contributed by atoms with Crippen LogP contribution >= 0.6 is 0 Å². The van der Waals surface area contributed by atoms with Gasteiger partial charge < -0.3 is 5.32 Å². The van der Waals surface area contributed by atoms with Crippen LogP contribution in [0.4, 0.5) is 5.82 Å². The molecule has 0 unspecified atom stereocenters. The molecule has 12 heavy (non-hydrogen) atoms. The Morgan fingerprint density at radius 1 is 1.50 bits per heavy atom. The molecule has 1 heterocycles. The number of aromatic nitrogens is 2. The van der Waals surface area contributed by atoms with Crippen molar-refractivity contribution in [3.8, 4) is 0 Å². The molecule has 0 atom stereocenters. The molecule has 3 nitrogen and oxygen atoms in total. The Balaban J connectivity index is 2.04. The van der Waals surface area contributed by atoms with Gasteiger partial charge in [0.25, 0.3) is 0 Å². The standard InChI is InChI=1S/C9H13N3/c1-2-9(3-4-9)12-8-7-10-5-6-11-8/h5-7H,2-4H2,1H3,(H,11,12). The van der Waals surface area contributed by atoms with Crippen molar-refractivity contribution in [2.45, 2.75) is 31.7 Å². The molecule has 0 amide bonds. The molecule has 1 aliphatic carbocycles. The van der Waals surface area contributed by atoms with Gasteiger partial charge in [-0.2, -0.15) is 0 Å². The Hall–Kier alpha value is -1.12. The van der Waals surface area contributed by atoms with Crippen molar-refractivity contribution in [2.24, 2.45) is 0 Å². The Morgan fingerprint density at radius 3 is 2.83 bits per heavy atom. The smallest absolute Gasteiger partial charge is 0.144 e. The number of nitrogens with one attached hydrogen (secondary N) is 1. The summed E-state index contributed by atoms with van der Waals surface area (Å²) in [5.41, 5.74) is 0.343. The van der Waals surface area contributed by atoms with Crippen LogP contribution in [0, 0.1) is 0 Å². The van der Waals surface area contributed by atoms with Gasteiger partial charge >= 0.3 is 0 Å². The van der Waals surface area contributed by atoms with Crippen LogP contribution in [0.2, 0.25) is 0 Å². The zero-order valence-electron chi connectivity index (χ0n) is 7.25. The highest BCUT2D eigenvalue weighted by Gasteiger charge is 2.40. The molecule has 0 radical (unpaired) electrons. The third-order valence-electron chi connectivity index (χ3n) is 2.49. The maximum absolute atomic E-state index is 4.18. The van der Waals surface area contributed by atoms with Gasteiger partial charge in [0.15, 0.2) is 0 Å². The predicted octanol–water partition coefficient (Wildman–Crippen LogP) is 1.83. The van der Waals surface area contributed by atoms with E-state index in [1.165, 1.54) is 19.3 Å². The van der Waals surface area contributed by atoms with Gasteiger partial charge in [-0.3, -0.25) is 4.98 Å².